The molecule has 3 rings (SSSR count). The Labute approximate surface area is 192 Å². The molecule has 1 aliphatic rings. The minimum Gasteiger partial charge on any atom is -0.493 e. The van der Waals surface area contributed by atoms with Crippen molar-refractivity contribution in [3.05, 3.63) is 47.5 Å². The normalized spacial score (nSPS) is 12.8. The van der Waals surface area contributed by atoms with E-state index in [2.05, 4.69) is 21.8 Å². The smallest absolute Gasteiger partial charge is 0.262 e. The summed E-state index contributed by atoms with van der Waals surface area (Å²) >= 11 is 0. The fourth-order valence-corrected chi connectivity index (χ4v) is 3.04. The number of ether oxygens (including phenoxy) is 4. The lowest BCUT2D eigenvalue weighted by Crippen LogP contribution is -2.48. The summed E-state index contributed by atoms with van der Waals surface area (Å²) in [5.74, 6) is 3.41. The minimum absolute atomic E-state index is 0.113. The van der Waals surface area contributed by atoms with E-state index in [1.54, 1.807) is 36.4 Å². The second-order valence-corrected chi connectivity index (χ2v) is 7.40. The zero-order valence-corrected chi connectivity index (χ0v) is 18.6. The van der Waals surface area contributed by atoms with Gasteiger partial charge in [-0.25, -0.2) is 5.43 Å². The van der Waals surface area contributed by atoms with Crippen molar-refractivity contribution in [3.63, 3.8) is 0 Å². The van der Waals surface area contributed by atoms with Crippen LogP contribution in [0.1, 0.15) is 29.8 Å². The van der Waals surface area contributed by atoms with E-state index >= 15 is 0 Å². The number of hydrogen-bond acceptors (Lipinski definition) is 7. The van der Waals surface area contributed by atoms with Gasteiger partial charge in [0.2, 0.25) is 6.79 Å². The summed E-state index contributed by atoms with van der Waals surface area (Å²) in [5, 5.41) is 6.74. The van der Waals surface area contributed by atoms with E-state index in [0.29, 0.717) is 34.1 Å². The largest absolute Gasteiger partial charge is 0.493 e. The highest BCUT2D eigenvalue weighted by molar-refractivity contribution is 5.98. The third-order valence-corrected chi connectivity index (χ3v) is 4.76. The molecule has 2 N–H and O–H groups in total. The number of hydrogen-bond donors (Lipinski definition) is 2. The molecule has 2 aromatic rings. The molecule has 0 aliphatic carbocycles. The summed E-state index contributed by atoms with van der Waals surface area (Å²) < 4.78 is 21.2. The van der Waals surface area contributed by atoms with Crippen LogP contribution in [0.3, 0.4) is 0 Å². The second kappa shape index (κ2) is 10.9. The molecule has 9 nitrogen and oxygen atoms in total. The van der Waals surface area contributed by atoms with E-state index in [1.807, 2.05) is 13.8 Å². The maximum Gasteiger partial charge on any atom is 0.262 e. The molecule has 2 aromatic carbocycles. The second-order valence-electron chi connectivity index (χ2n) is 7.40. The first-order chi connectivity index (χ1) is 15.9. The summed E-state index contributed by atoms with van der Waals surface area (Å²) in [7, 11) is 1.51. The Balaban J connectivity index is 1.63. The van der Waals surface area contributed by atoms with Crippen LogP contribution in [0.4, 0.5) is 0 Å². The molecule has 0 spiro atoms. The van der Waals surface area contributed by atoms with Crippen LogP contribution < -0.4 is 29.7 Å². The molecular weight excluding hydrogens is 426 g/mol. The molecule has 1 aliphatic heterocycles. The number of methoxy groups -OCH3 is 1. The van der Waals surface area contributed by atoms with Crippen LogP contribution >= 0.6 is 0 Å². The van der Waals surface area contributed by atoms with Crippen molar-refractivity contribution in [2.45, 2.75) is 19.9 Å². The molecular formula is C24H25N3O6. The van der Waals surface area contributed by atoms with Gasteiger partial charge in [0.05, 0.1) is 13.3 Å². The quantitative estimate of drug-likeness (QED) is 0.344. The first kappa shape index (κ1) is 23.5. The predicted octanol–water partition coefficient (Wildman–Crippen LogP) is 2.34. The van der Waals surface area contributed by atoms with Gasteiger partial charge in [-0.2, -0.15) is 5.10 Å². The van der Waals surface area contributed by atoms with Gasteiger partial charge in [0, 0.05) is 5.56 Å². The lowest BCUT2D eigenvalue weighted by atomic mass is 10.0. The first-order valence-electron chi connectivity index (χ1n) is 10.2. The van der Waals surface area contributed by atoms with Crippen molar-refractivity contribution < 1.29 is 28.5 Å². The lowest BCUT2D eigenvalue weighted by Gasteiger charge is -2.20. The number of benzene rings is 2. The highest BCUT2D eigenvalue weighted by atomic mass is 16.7. The average Bonchev–Trinajstić information content (AvgIpc) is 3.29. The monoisotopic (exact) mass is 451 g/mol. The van der Waals surface area contributed by atoms with Crippen LogP contribution in [0.25, 0.3) is 0 Å². The Hall–Kier alpha value is -4.19. The Morgan fingerprint density at radius 2 is 1.97 bits per heavy atom. The molecule has 9 heteroatoms. The van der Waals surface area contributed by atoms with Gasteiger partial charge in [-0.15, -0.1) is 6.42 Å². The average molecular weight is 451 g/mol. The van der Waals surface area contributed by atoms with Crippen LogP contribution in [0, 0.1) is 18.3 Å². The van der Waals surface area contributed by atoms with E-state index in [0.717, 1.165) is 0 Å². The van der Waals surface area contributed by atoms with Gasteiger partial charge in [-0.3, -0.25) is 9.59 Å². The summed E-state index contributed by atoms with van der Waals surface area (Å²) in [6, 6.07) is 9.18. The third-order valence-electron chi connectivity index (χ3n) is 4.76. The van der Waals surface area contributed by atoms with E-state index in [-0.39, 0.29) is 19.3 Å². The molecule has 0 fully saturated rings. The number of nitrogens with one attached hydrogen (secondary N) is 2. The molecule has 33 heavy (non-hydrogen) atoms. The molecule has 0 aromatic heterocycles. The van der Waals surface area contributed by atoms with E-state index in [4.69, 9.17) is 25.4 Å². The topological polar surface area (TPSA) is 107 Å². The number of hydrazone groups is 1. The van der Waals surface area contributed by atoms with E-state index in [9.17, 15) is 9.59 Å². The van der Waals surface area contributed by atoms with E-state index < -0.39 is 17.9 Å². The number of terminal acetylenes is 1. The highest BCUT2D eigenvalue weighted by Crippen LogP contribution is 2.32. The Bertz CT molecular complexity index is 1090. The summed E-state index contributed by atoms with van der Waals surface area (Å²) in [6.07, 6.45) is 6.67. The van der Waals surface area contributed by atoms with Crippen LogP contribution in [0.2, 0.25) is 0 Å². The number of nitrogens with zero attached hydrogens (tertiary/aromatic N) is 1. The molecule has 1 heterocycles. The molecule has 0 saturated heterocycles. The number of carbonyl (C=O) groups excluding carboxylic acids is 2. The van der Waals surface area contributed by atoms with Gasteiger partial charge < -0.3 is 24.3 Å². The highest BCUT2D eigenvalue weighted by Gasteiger charge is 2.25. The number of amides is 2. The number of rotatable bonds is 9. The maximum absolute atomic E-state index is 12.7. The number of carbonyl (C=O) groups is 2. The van der Waals surface area contributed by atoms with Crippen molar-refractivity contribution in [2.75, 3.05) is 20.5 Å². The zero-order chi connectivity index (χ0) is 23.8. The Morgan fingerprint density at radius 3 is 2.70 bits per heavy atom. The summed E-state index contributed by atoms with van der Waals surface area (Å²) in [6.45, 7) is 3.89. The van der Waals surface area contributed by atoms with Crippen molar-refractivity contribution in [1.29, 1.82) is 0 Å². The Kier molecular flexibility index (Phi) is 7.76. The fraction of sp³-hybridized carbons (Fsp3) is 0.292. The van der Waals surface area contributed by atoms with Crippen molar-refractivity contribution >= 4 is 18.0 Å². The lowest BCUT2D eigenvalue weighted by molar-refractivity contribution is -0.123. The first-order valence-corrected chi connectivity index (χ1v) is 10.2. The molecule has 0 saturated carbocycles. The van der Waals surface area contributed by atoms with Gasteiger partial charge >= 0.3 is 0 Å². The zero-order valence-electron chi connectivity index (χ0n) is 18.6. The standard InChI is InChI=1S/C24H25N3O6/c1-5-10-31-18-8-6-16(11-20(18)30-4)13-25-27-24(29)22(15(2)3)26-23(28)17-7-9-19-21(12-17)33-14-32-19/h1,6-9,11-13,15,22H,10,14H2,2-4H3,(H,26,28)(H,27,29)/b25-13+. The molecule has 2 amide bonds. The predicted molar refractivity (Wildman–Crippen MR) is 122 cm³/mol. The van der Waals surface area contributed by atoms with Crippen LogP contribution in [0.15, 0.2) is 41.5 Å². The molecule has 172 valence electrons. The van der Waals surface area contributed by atoms with Gasteiger partial charge in [0.25, 0.3) is 11.8 Å². The van der Waals surface area contributed by atoms with Crippen LogP contribution in [0.5, 0.6) is 23.0 Å². The van der Waals surface area contributed by atoms with Gasteiger partial charge in [0.15, 0.2) is 23.0 Å². The summed E-state index contributed by atoms with van der Waals surface area (Å²) in [5.41, 5.74) is 3.50. The Morgan fingerprint density at radius 1 is 1.18 bits per heavy atom. The fourth-order valence-electron chi connectivity index (χ4n) is 3.04. The minimum atomic E-state index is -0.797. The summed E-state index contributed by atoms with van der Waals surface area (Å²) in [4.78, 5) is 25.3. The van der Waals surface area contributed by atoms with Gasteiger partial charge in [0.1, 0.15) is 12.6 Å². The van der Waals surface area contributed by atoms with Crippen LogP contribution in [-0.2, 0) is 4.79 Å². The molecule has 0 radical (unpaired) electrons. The molecule has 0 bridgehead atoms. The number of fused-ring (bicyclic) bond motifs is 1. The maximum atomic E-state index is 12.7. The molecule has 1 atom stereocenters. The molecule has 1 unspecified atom stereocenters. The third kappa shape index (κ3) is 5.95. The van der Waals surface area contributed by atoms with Crippen molar-refractivity contribution in [1.82, 2.24) is 10.7 Å². The SMILES string of the molecule is C#CCOc1ccc(/C=N/NC(=O)C(NC(=O)c2ccc3c(c2)OCO3)C(C)C)cc1OC. The van der Waals surface area contributed by atoms with Gasteiger partial charge in [-0.1, -0.05) is 19.8 Å². The van der Waals surface area contributed by atoms with E-state index in [1.165, 1.54) is 13.3 Å². The van der Waals surface area contributed by atoms with Crippen molar-refractivity contribution in [3.8, 4) is 35.3 Å². The van der Waals surface area contributed by atoms with Crippen molar-refractivity contribution in [2.24, 2.45) is 11.0 Å². The van der Waals surface area contributed by atoms with Gasteiger partial charge in [-0.05, 0) is 47.9 Å². The van der Waals surface area contributed by atoms with Crippen LogP contribution in [-0.4, -0.2) is 44.6 Å².